The maximum absolute atomic E-state index is 9.40. The molecule has 0 aliphatic carbocycles. The second kappa shape index (κ2) is 5.42. The lowest BCUT2D eigenvalue weighted by atomic mass is 10.1. The zero-order chi connectivity index (χ0) is 13.1. The maximum atomic E-state index is 9.40. The Bertz CT molecular complexity index is 511. The molecule has 0 radical (unpaired) electrons. The number of benzene rings is 1. The highest BCUT2D eigenvalue weighted by molar-refractivity contribution is 7.10. The standard InChI is InChI=1S/C14H18N2OS/c1-10(14-4-3-7-18-14)16(2)9-11-5-6-13(17)12(15)8-11/h3-8,10,17H,9,15H2,1-2H3. The Balaban J connectivity index is 2.06. The molecule has 0 spiro atoms. The summed E-state index contributed by atoms with van der Waals surface area (Å²) in [4.78, 5) is 3.61. The molecule has 1 atom stereocenters. The lowest BCUT2D eigenvalue weighted by Crippen LogP contribution is -2.21. The van der Waals surface area contributed by atoms with Crippen molar-refractivity contribution in [3.05, 3.63) is 46.2 Å². The minimum atomic E-state index is 0.146. The average Bonchev–Trinajstić information content (AvgIpc) is 2.86. The van der Waals surface area contributed by atoms with E-state index in [2.05, 4.69) is 36.4 Å². The van der Waals surface area contributed by atoms with Crippen LogP contribution >= 0.6 is 11.3 Å². The van der Waals surface area contributed by atoms with Crippen LogP contribution in [0.5, 0.6) is 5.75 Å². The zero-order valence-electron chi connectivity index (χ0n) is 10.6. The van der Waals surface area contributed by atoms with E-state index in [0.29, 0.717) is 11.7 Å². The number of phenols is 1. The van der Waals surface area contributed by atoms with Crippen LogP contribution in [0, 0.1) is 0 Å². The van der Waals surface area contributed by atoms with Crippen molar-refractivity contribution in [2.24, 2.45) is 0 Å². The smallest absolute Gasteiger partial charge is 0.138 e. The van der Waals surface area contributed by atoms with Gasteiger partial charge in [0, 0.05) is 17.5 Å². The Morgan fingerprint density at radius 3 is 2.78 bits per heavy atom. The number of nitrogen functional groups attached to an aromatic ring is 1. The highest BCUT2D eigenvalue weighted by Gasteiger charge is 2.13. The van der Waals surface area contributed by atoms with Crippen molar-refractivity contribution in [1.29, 1.82) is 0 Å². The van der Waals surface area contributed by atoms with Crippen LogP contribution in [0.2, 0.25) is 0 Å². The minimum Gasteiger partial charge on any atom is -0.506 e. The van der Waals surface area contributed by atoms with Crippen LogP contribution in [0.25, 0.3) is 0 Å². The summed E-state index contributed by atoms with van der Waals surface area (Å²) >= 11 is 1.77. The van der Waals surface area contributed by atoms with Gasteiger partial charge in [0.2, 0.25) is 0 Å². The predicted molar refractivity (Wildman–Crippen MR) is 76.7 cm³/mol. The number of rotatable bonds is 4. The summed E-state index contributed by atoms with van der Waals surface area (Å²) in [7, 11) is 2.09. The molecule has 2 rings (SSSR count). The van der Waals surface area contributed by atoms with Gasteiger partial charge >= 0.3 is 0 Å². The largest absolute Gasteiger partial charge is 0.506 e. The molecule has 0 bridgehead atoms. The van der Waals surface area contributed by atoms with Crippen molar-refractivity contribution in [3.8, 4) is 5.75 Å². The van der Waals surface area contributed by atoms with Crippen LogP contribution < -0.4 is 5.73 Å². The molecular formula is C14H18N2OS. The molecule has 3 N–H and O–H groups in total. The van der Waals surface area contributed by atoms with Crippen molar-refractivity contribution in [1.82, 2.24) is 4.90 Å². The summed E-state index contributed by atoms with van der Waals surface area (Å²) in [6.07, 6.45) is 0. The number of nitrogens with zero attached hydrogens (tertiary/aromatic N) is 1. The van der Waals surface area contributed by atoms with E-state index in [1.807, 2.05) is 12.1 Å². The molecule has 1 heterocycles. The molecule has 4 heteroatoms. The molecule has 2 aromatic rings. The van der Waals surface area contributed by atoms with Gasteiger partial charge in [-0.3, -0.25) is 4.90 Å². The van der Waals surface area contributed by atoms with Crippen molar-refractivity contribution < 1.29 is 5.11 Å². The van der Waals surface area contributed by atoms with Crippen LogP contribution in [-0.2, 0) is 6.54 Å². The first-order valence-corrected chi connectivity index (χ1v) is 6.77. The first-order chi connectivity index (χ1) is 8.58. The second-order valence-corrected chi connectivity index (χ2v) is 5.48. The van der Waals surface area contributed by atoms with E-state index in [1.165, 1.54) is 4.88 Å². The van der Waals surface area contributed by atoms with Gasteiger partial charge < -0.3 is 10.8 Å². The van der Waals surface area contributed by atoms with Gasteiger partial charge in [0.15, 0.2) is 0 Å². The Hall–Kier alpha value is -1.52. The van der Waals surface area contributed by atoms with E-state index >= 15 is 0 Å². The van der Waals surface area contributed by atoms with Gasteiger partial charge in [-0.05, 0) is 43.1 Å². The topological polar surface area (TPSA) is 49.5 Å². The summed E-state index contributed by atoms with van der Waals surface area (Å²) in [5, 5.41) is 11.5. The lowest BCUT2D eigenvalue weighted by Gasteiger charge is -2.24. The molecule has 1 unspecified atom stereocenters. The third kappa shape index (κ3) is 2.83. The highest BCUT2D eigenvalue weighted by atomic mass is 32.1. The van der Waals surface area contributed by atoms with Crippen molar-refractivity contribution >= 4 is 17.0 Å². The van der Waals surface area contributed by atoms with E-state index in [-0.39, 0.29) is 5.75 Å². The Kier molecular flexibility index (Phi) is 3.89. The fraction of sp³-hybridized carbons (Fsp3) is 0.286. The van der Waals surface area contributed by atoms with Crippen molar-refractivity contribution in [2.45, 2.75) is 19.5 Å². The highest BCUT2D eigenvalue weighted by Crippen LogP contribution is 2.26. The molecule has 18 heavy (non-hydrogen) atoms. The van der Waals surface area contributed by atoms with Crippen LogP contribution in [0.1, 0.15) is 23.4 Å². The third-order valence-electron chi connectivity index (χ3n) is 3.14. The van der Waals surface area contributed by atoms with E-state index in [0.717, 1.165) is 12.1 Å². The predicted octanol–water partition coefficient (Wildman–Crippen LogP) is 3.23. The molecule has 1 aromatic carbocycles. The van der Waals surface area contributed by atoms with E-state index in [9.17, 15) is 5.11 Å². The number of aromatic hydroxyl groups is 1. The van der Waals surface area contributed by atoms with Gasteiger partial charge in [-0.1, -0.05) is 12.1 Å². The van der Waals surface area contributed by atoms with Crippen LogP contribution in [0.15, 0.2) is 35.7 Å². The summed E-state index contributed by atoms with van der Waals surface area (Å²) < 4.78 is 0. The van der Waals surface area contributed by atoms with Gasteiger partial charge in [-0.15, -0.1) is 11.3 Å². The molecule has 1 aromatic heterocycles. The maximum Gasteiger partial charge on any atom is 0.138 e. The molecule has 0 saturated heterocycles. The molecular weight excluding hydrogens is 244 g/mol. The quantitative estimate of drug-likeness (QED) is 0.657. The van der Waals surface area contributed by atoms with E-state index in [4.69, 9.17) is 5.73 Å². The fourth-order valence-electron chi connectivity index (χ4n) is 1.87. The normalized spacial score (nSPS) is 12.8. The van der Waals surface area contributed by atoms with Crippen molar-refractivity contribution in [3.63, 3.8) is 0 Å². The van der Waals surface area contributed by atoms with E-state index < -0.39 is 0 Å². The fourth-order valence-corrected chi connectivity index (χ4v) is 2.72. The van der Waals surface area contributed by atoms with Gasteiger partial charge in [0.1, 0.15) is 5.75 Å². The van der Waals surface area contributed by atoms with Gasteiger partial charge in [0.05, 0.1) is 5.69 Å². The number of hydrogen-bond donors (Lipinski definition) is 2. The Morgan fingerprint density at radius 2 is 2.17 bits per heavy atom. The summed E-state index contributed by atoms with van der Waals surface area (Å²) in [5.74, 6) is 0.146. The number of hydrogen-bond acceptors (Lipinski definition) is 4. The molecule has 96 valence electrons. The van der Waals surface area contributed by atoms with Crippen LogP contribution in [0.3, 0.4) is 0 Å². The lowest BCUT2D eigenvalue weighted by molar-refractivity contribution is 0.256. The molecule has 0 aliphatic rings. The molecule has 3 nitrogen and oxygen atoms in total. The number of thiophene rings is 1. The van der Waals surface area contributed by atoms with Crippen LogP contribution in [-0.4, -0.2) is 17.1 Å². The third-order valence-corrected chi connectivity index (χ3v) is 4.18. The van der Waals surface area contributed by atoms with Crippen LogP contribution in [0.4, 0.5) is 5.69 Å². The summed E-state index contributed by atoms with van der Waals surface area (Å²) in [6, 6.07) is 9.98. The zero-order valence-corrected chi connectivity index (χ0v) is 11.4. The minimum absolute atomic E-state index is 0.146. The SMILES string of the molecule is CC(c1cccs1)N(C)Cc1ccc(O)c(N)c1. The second-order valence-electron chi connectivity index (χ2n) is 4.50. The average molecular weight is 262 g/mol. The van der Waals surface area contributed by atoms with Gasteiger partial charge in [-0.2, -0.15) is 0 Å². The molecule has 0 saturated carbocycles. The van der Waals surface area contributed by atoms with E-state index in [1.54, 1.807) is 17.4 Å². The monoisotopic (exact) mass is 262 g/mol. The number of phenolic OH excluding ortho intramolecular Hbond substituents is 1. The summed E-state index contributed by atoms with van der Waals surface area (Å²) in [5.41, 5.74) is 7.24. The number of anilines is 1. The van der Waals surface area contributed by atoms with Crippen molar-refractivity contribution in [2.75, 3.05) is 12.8 Å². The number of nitrogens with two attached hydrogens (primary N) is 1. The summed E-state index contributed by atoms with van der Waals surface area (Å²) in [6.45, 7) is 3.00. The molecule has 0 fully saturated rings. The Labute approximate surface area is 111 Å². The molecule has 0 amide bonds. The van der Waals surface area contributed by atoms with Gasteiger partial charge in [-0.25, -0.2) is 0 Å². The Morgan fingerprint density at radius 1 is 1.39 bits per heavy atom. The first-order valence-electron chi connectivity index (χ1n) is 5.89. The first kappa shape index (κ1) is 12.9. The van der Waals surface area contributed by atoms with Gasteiger partial charge in [0.25, 0.3) is 0 Å². The molecule has 0 aliphatic heterocycles.